The van der Waals surface area contributed by atoms with Crippen molar-refractivity contribution in [1.82, 2.24) is 15.2 Å². The van der Waals surface area contributed by atoms with Crippen molar-refractivity contribution in [3.63, 3.8) is 0 Å². The monoisotopic (exact) mass is 394 g/mol. The summed E-state index contributed by atoms with van der Waals surface area (Å²) in [6, 6.07) is 16.1. The molecule has 1 fully saturated rings. The molecule has 1 aromatic heterocycles. The molecule has 0 aliphatic heterocycles. The Balaban J connectivity index is 1.48. The summed E-state index contributed by atoms with van der Waals surface area (Å²) in [7, 11) is 0. The van der Waals surface area contributed by atoms with E-state index < -0.39 is 0 Å². The van der Waals surface area contributed by atoms with E-state index in [4.69, 9.17) is 5.73 Å². The topological polar surface area (TPSA) is 54.2 Å². The molecule has 0 radical (unpaired) electrons. The van der Waals surface area contributed by atoms with E-state index in [9.17, 15) is 0 Å². The molecular weight excluding hydrogens is 356 g/mol. The molecule has 3 rings (SSSR count). The Morgan fingerprint density at radius 3 is 2.52 bits per heavy atom. The maximum Gasteiger partial charge on any atom is 0.0581 e. The predicted octanol–water partition coefficient (Wildman–Crippen LogP) is 4.66. The molecule has 0 bridgehead atoms. The smallest absolute Gasteiger partial charge is 0.0581 e. The summed E-state index contributed by atoms with van der Waals surface area (Å²) in [5.41, 5.74) is 9.61. The van der Waals surface area contributed by atoms with Gasteiger partial charge >= 0.3 is 0 Å². The number of benzene rings is 1. The minimum absolute atomic E-state index is 0.105. The van der Waals surface area contributed by atoms with Gasteiger partial charge in [-0.15, -0.1) is 0 Å². The average molecular weight is 395 g/mol. The third-order valence-corrected chi connectivity index (χ3v) is 5.76. The lowest BCUT2D eigenvalue weighted by atomic mass is 9.84. The van der Waals surface area contributed by atoms with E-state index in [1.807, 2.05) is 12.3 Å². The number of nitrogens with zero attached hydrogens (tertiary/aromatic N) is 2. The van der Waals surface area contributed by atoms with Crippen molar-refractivity contribution in [2.24, 2.45) is 11.1 Å². The minimum atomic E-state index is 0.105. The van der Waals surface area contributed by atoms with Gasteiger partial charge in [-0.2, -0.15) is 0 Å². The van der Waals surface area contributed by atoms with E-state index in [0.717, 1.165) is 30.4 Å². The van der Waals surface area contributed by atoms with Crippen molar-refractivity contribution in [2.75, 3.05) is 13.1 Å². The largest absolute Gasteiger partial charge is 0.326 e. The Morgan fingerprint density at radius 1 is 1.10 bits per heavy atom. The lowest BCUT2D eigenvalue weighted by Crippen LogP contribution is -2.34. The van der Waals surface area contributed by atoms with Gasteiger partial charge in [0.2, 0.25) is 0 Å². The number of nitrogens with one attached hydrogen (secondary N) is 1. The number of aromatic nitrogens is 1. The zero-order valence-corrected chi connectivity index (χ0v) is 18.4. The molecule has 4 heteroatoms. The van der Waals surface area contributed by atoms with Crippen LogP contribution in [0.5, 0.6) is 0 Å². The van der Waals surface area contributed by atoms with Crippen LogP contribution in [0.1, 0.15) is 69.3 Å². The van der Waals surface area contributed by atoms with Gasteiger partial charge in [0.15, 0.2) is 0 Å². The van der Waals surface area contributed by atoms with Crippen LogP contribution in [0.2, 0.25) is 0 Å². The molecule has 0 saturated heterocycles. The highest BCUT2D eigenvalue weighted by atomic mass is 15.2. The molecule has 1 aliphatic carbocycles. The highest BCUT2D eigenvalue weighted by Gasteiger charge is 2.29. The molecule has 1 heterocycles. The first-order chi connectivity index (χ1) is 14.0. The molecule has 0 amide bonds. The third-order valence-electron chi connectivity index (χ3n) is 5.76. The van der Waals surface area contributed by atoms with E-state index in [1.165, 1.54) is 37.8 Å². The number of rotatable bonds is 11. The van der Waals surface area contributed by atoms with Crippen LogP contribution >= 0.6 is 0 Å². The number of hydrogen-bond donors (Lipinski definition) is 2. The zero-order valence-electron chi connectivity index (χ0n) is 18.4. The van der Waals surface area contributed by atoms with Gasteiger partial charge < -0.3 is 11.1 Å². The molecule has 1 aliphatic rings. The second-order valence-corrected chi connectivity index (χ2v) is 9.44. The van der Waals surface area contributed by atoms with Crippen LogP contribution < -0.4 is 11.1 Å². The van der Waals surface area contributed by atoms with Crippen molar-refractivity contribution in [1.29, 1.82) is 0 Å². The fourth-order valence-electron chi connectivity index (χ4n) is 3.97. The highest BCUT2D eigenvalue weighted by Crippen LogP contribution is 2.32. The van der Waals surface area contributed by atoms with Gasteiger partial charge in [0.1, 0.15) is 0 Å². The van der Waals surface area contributed by atoms with Gasteiger partial charge in [-0.3, -0.25) is 9.88 Å². The Bertz CT molecular complexity index is 734. The fraction of sp³-hybridized carbons (Fsp3) is 0.560. The van der Waals surface area contributed by atoms with Crippen LogP contribution in [0, 0.1) is 5.41 Å². The Hall–Kier alpha value is -1.75. The van der Waals surface area contributed by atoms with Crippen LogP contribution in [-0.4, -0.2) is 29.0 Å². The van der Waals surface area contributed by atoms with Crippen molar-refractivity contribution in [3.8, 4) is 0 Å². The van der Waals surface area contributed by atoms with Gasteiger partial charge in [0, 0.05) is 25.3 Å². The average Bonchev–Trinajstić information content (AvgIpc) is 3.55. The lowest BCUT2D eigenvalue weighted by molar-refractivity contribution is 0.241. The summed E-state index contributed by atoms with van der Waals surface area (Å²) < 4.78 is 0. The second kappa shape index (κ2) is 10.3. The Labute approximate surface area is 176 Å². The van der Waals surface area contributed by atoms with Crippen LogP contribution in [0.3, 0.4) is 0 Å². The number of unbranched alkanes of at least 4 members (excludes halogenated alkanes) is 1. The number of pyridine rings is 1. The van der Waals surface area contributed by atoms with E-state index >= 15 is 0 Å². The summed E-state index contributed by atoms with van der Waals surface area (Å²) in [6.45, 7) is 10.7. The molecule has 158 valence electrons. The maximum absolute atomic E-state index is 5.83. The van der Waals surface area contributed by atoms with Gasteiger partial charge in [0.05, 0.1) is 11.7 Å². The fourth-order valence-corrected chi connectivity index (χ4v) is 3.97. The molecular formula is C25H38N4. The molecule has 1 aromatic carbocycles. The van der Waals surface area contributed by atoms with Gasteiger partial charge in [-0.25, -0.2) is 0 Å². The van der Waals surface area contributed by atoms with E-state index in [0.29, 0.717) is 6.54 Å². The summed E-state index contributed by atoms with van der Waals surface area (Å²) in [6.07, 6.45) is 7.01. The van der Waals surface area contributed by atoms with Gasteiger partial charge in [0.25, 0.3) is 0 Å². The van der Waals surface area contributed by atoms with Crippen molar-refractivity contribution < 1.29 is 0 Å². The number of hydrogen-bond acceptors (Lipinski definition) is 4. The number of nitrogens with two attached hydrogens (primary N) is 1. The summed E-state index contributed by atoms with van der Waals surface area (Å²) in [4.78, 5) is 7.30. The van der Waals surface area contributed by atoms with E-state index in [-0.39, 0.29) is 11.5 Å². The lowest BCUT2D eigenvalue weighted by Gasteiger charge is -2.31. The minimum Gasteiger partial charge on any atom is -0.326 e. The zero-order chi connectivity index (χ0) is 20.7. The van der Waals surface area contributed by atoms with Crippen LogP contribution in [0.15, 0.2) is 48.7 Å². The maximum atomic E-state index is 5.83. The van der Waals surface area contributed by atoms with Gasteiger partial charge in [-0.1, -0.05) is 51.1 Å². The van der Waals surface area contributed by atoms with Crippen molar-refractivity contribution >= 4 is 0 Å². The molecule has 2 aromatic rings. The summed E-state index contributed by atoms with van der Waals surface area (Å²) in [5, 5.41) is 3.77. The molecule has 1 unspecified atom stereocenters. The molecule has 4 nitrogen and oxygen atoms in total. The van der Waals surface area contributed by atoms with Crippen molar-refractivity contribution in [3.05, 3.63) is 65.5 Å². The summed E-state index contributed by atoms with van der Waals surface area (Å²) in [5.74, 6) is 0. The first kappa shape index (κ1) is 21.9. The van der Waals surface area contributed by atoms with Crippen LogP contribution in [0.25, 0.3) is 0 Å². The third kappa shape index (κ3) is 6.91. The van der Waals surface area contributed by atoms with Crippen LogP contribution in [0.4, 0.5) is 0 Å². The van der Waals surface area contributed by atoms with E-state index in [1.54, 1.807) is 0 Å². The second-order valence-electron chi connectivity index (χ2n) is 9.44. The normalized spacial score (nSPS) is 15.6. The molecule has 0 spiro atoms. The Kier molecular flexibility index (Phi) is 7.82. The first-order valence-electron chi connectivity index (χ1n) is 11.1. The molecule has 29 heavy (non-hydrogen) atoms. The SMILES string of the molecule is CC(C)(C)C(NCCCCN(Cc1ccccc1)C1CC1)c1cc(CN)ccn1. The predicted molar refractivity (Wildman–Crippen MR) is 121 cm³/mol. The van der Waals surface area contributed by atoms with Gasteiger partial charge in [-0.05, 0) is 67.4 Å². The quantitative estimate of drug-likeness (QED) is 0.544. The standard InChI is InChI=1S/C25H38N4/c1-25(2,3)24(23-17-21(18-26)13-15-27-23)28-14-7-8-16-29(22-11-12-22)19-20-9-5-4-6-10-20/h4-6,9-10,13,15,17,22,24,28H,7-8,11-12,14,16,18-19,26H2,1-3H3. The van der Waals surface area contributed by atoms with Crippen LogP contribution in [-0.2, 0) is 13.1 Å². The molecule has 1 atom stereocenters. The molecule has 1 saturated carbocycles. The highest BCUT2D eigenvalue weighted by molar-refractivity contribution is 5.20. The Morgan fingerprint density at radius 2 is 1.86 bits per heavy atom. The molecule has 3 N–H and O–H groups in total. The van der Waals surface area contributed by atoms with E-state index in [2.05, 4.69) is 72.4 Å². The summed E-state index contributed by atoms with van der Waals surface area (Å²) >= 11 is 0. The van der Waals surface area contributed by atoms with Crippen molar-refractivity contribution in [2.45, 2.75) is 71.6 Å². The first-order valence-corrected chi connectivity index (χ1v) is 11.1.